The minimum atomic E-state index is 0.477. The Hall–Kier alpha value is 0. The van der Waals surface area contributed by atoms with Crippen molar-refractivity contribution in [3.63, 3.8) is 0 Å². The van der Waals surface area contributed by atoms with Crippen LogP contribution in [0.25, 0.3) is 0 Å². The third-order valence-corrected chi connectivity index (χ3v) is 19.6. The maximum Gasteiger partial charge on any atom is -0.0193 e. The average molecular weight is 601 g/mol. The van der Waals surface area contributed by atoms with E-state index in [4.69, 9.17) is 0 Å². The van der Waals surface area contributed by atoms with Gasteiger partial charge in [0, 0.05) is 0 Å². The van der Waals surface area contributed by atoms with Gasteiger partial charge in [0.25, 0.3) is 0 Å². The lowest BCUT2D eigenvalue weighted by Gasteiger charge is -2.61. The van der Waals surface area contributed by atoms with Crippen LogP contribution in [0.3, 0.4) is 0 Å². The molecule has 0 bridgehead atoms. The number of hydrogen-bond donors (Lipinski definition) is 0. The second kappa shape index (κ2) is 9.79. The average Bonchev–Trinajstić information content (AvgIpc) is 3.67. The molecule has 0 radical (unpaired) electrons. The van der Waals surface area contributed by atoms with Gasteiger partial charge in [-0.25, -0.2) is 0 Å². The molecule has 18 unspecified atom stereocenters. The molecule has 0 aromatic heterocycles. The van der Waals surface area contributed by atoms with Crippen molar-refractivity contribution in [2.24, 2.45) is 129 Å². The van der Waals surface area contributed by atoms with Crippen LogP contribution in [0.2, 0.25) is 0 Å². The Morgan fingerprint density at radius 2 is 1.27 bits per heavy atom. The molecule has 0 heterocycles. The van der Waals surface area contributed by atoms with E-state index in [1.54, 1.807) is 83.5 Å². The molecule has 0 nitrogen and oxygen atoms in total. The molecular weight excluding hydrogens is 528 g/mol. The third-order valence-electron chi connectivity index (χ3n) is 19.6. The number of fused-ring (bicyclic) bond motifs is 6. The molecular formula is C44H72. The summed E-state index contributed by atoms with van der Waals surface area (Å²) >= 11 is 0. The van der Waals surface area contributed by atoms with Crippen LogP contribution >= 0.6 is 0 Å². The molecule has 0 aromatic rings. The van der Waals surface area contributed by atoms with Gasteiger partial charge in [0.05, 0.1) is 0 Å². The van der Waals surface area contributed by atoms with Gasteiger partial charge in [-0.15, -0.1) is 0 Å². The molecule has 9 rings (SSSR count). The van der Waals surface area contributed by atoms with Crippen molar-refractivity contribution in [2.75, 3.05) is 0 Å². The van der Waals surface area contributed by atoms with Crippen LogP contribution in [0.15, 0.2) is 0 Å². The molecule has 0 saturated heterocycles. The van der Waals surface area contributed by atoms with Gasteiger partial charge in [0.1, 0.15) is 0 Å². The Labute approximate surface area is 273 Å². The van der Waals surface area contributed by atoms with Crippen LogP contribution < -0.4 is 0 Å². The summed E-state index contributed by atoms with van der Waals surface area (Å²) in [6.07, 6.45) is 21.0. The lowest BCUT2D eigenvalue weighted by molar-refractivity contribution is -0.134. The molecule has 0 heteroatoms. The first-order valence-electron chi connectivity index (χ1n) is 20.8. The molecule has 9 saturated carbocycles. The number of hydrogen-bond acceptors (Lipinski definition) is 0. The van der Waals surface area contributed by atoms with Crippen molar-refractivity contribution in [1.29, 1.82) is 0 Å². The van der Waals surface area contributed by atoms with E-state index in [0.717, 1.165) is 118 Å². The van der Waals surface area contributed by atoms with Crippen molar-refractivity contribution >= 4 is 0 Å². The second-order valence-corrected chi connectivity index (χ2v) is 22.3. The topological polar surface area (TPSA) is 0 Å². The van der Waals surface area contributed by atoms with Gasteiger partial charge < -0.3 is 0 Å². The van der Waals surface area contributed by atoms with Gasteiger partial charge in [-0.05, 0) is 193 Å². The van der Waals surface area contributed by atoms with E-state index in [0.29, 0.717) is 10.8 Å². The quantitative estimate of drug-likeness (QED) is 0.302. The lowest BCUT2D eigenvalue weighted by Crippen LogP contribution is -2.55. The minimum absolute atomic E-state index is 0.477. The smallest absolute Gasteiger partial charge is 0.0193 e. The number of rotatable bonds is 3. The zero-order valence-electron chi connectivity index (χ0n) is 30.7. The van der Waals surface area contributed by atoms with E-state index in [1.165, 1.54) is 0 Å². The summed E-state index contributed by atoms with van der Waals surface area (Å²) in [5.74, 6) is 20.0. The van der Waals surface area contributed by atoms with Crippen molar-refractivity contribution in [2.45, 2.75) is 146 Å². The van der Waals surface area contributed by atoms with E-state index >= 15 is 0 Å². The van der Waals surface area contributed by atoms with Gasteiger partial charge in [-0.2, -0.15) is 0 Å². The zero-order chi connectivity index (χ0) is 30.7. The van der Waals surface area contributed by atoms with Gasteiger partial charge >= 0.3 is 0 Å². The van der Waals surface area contributed by atoms with Crippen LogP contribution in [-0.4, -0.2) is 0 Å². The van der Waals surface area contributed by atoms with Gasteiger partial charge in [-0.3, -0.25) is 0 Å². The molecule has 9 fully saturated rings. The van der Waals surface area contributed by atoms with Crippen molar-refractivity contribution in [3.8, 4) is 0 Å². The predicted molar refractivity (Wildman–Crippen MR) is 185 cm³/mol. The highest BCUT2D eigenvalue weighted by Gasteiger charge is 2.80. The molecule has 0 N–H and O–H groups in total. The van der Waals surface area contributed by atoms with Crippen LogP contribution in [0.5, 0.6) is 0 Å². The van der Waals surface area contributed by atoms with Crippen LogP contribution in [0, 0.1) is 129 Å². The molecule has 1 spiro atoms. The molecule has 9 aliphatic rings. The summed E-state index contributed by atoms with van der Waals surface area (Å²) in [4.78, 5) is 0. The molecule has 0 amide bonds. The maximum absolute atomic E-state index is 2.80. The third kappa shape index (κ3) is 3.76. The molecule has 18 atom stereocenters. The Morgan fingerprint density at radius 1 is 0.545 bits per heavy atom. The Kier molecular flexibility index (Phi) is 6.70. The largest absolute Gasteiger partial charge is 0.0625 e. The first-order chi connectivity index (χ1) is 20.8. The van der Waals surface area contributed by atoms with Crippen molar-refractivity contribution in [3.05, 3.63) is 0 Å². The Balaban J connectivity index is 1.24. The van der Waals surface area contributed by atoms with E-state index in [1.807, 2.05) is 0 Å². The van der Waals surface area contributed by atoms with Gasteiger partial charge in [-0.1, -0.05) is 81.6 Å². The zero-order valence-corrected chi connectivity index (χ0v) is 30.7. The van der Waals surface area contributed by atoms with Crippen molar-refractivity contribution in [1.82, 2.24) is 0 Å². The molecule has 248 valence electrons. The molecule has 0 aromatic carbocycles. The highest BCUT2D eigenvalue weighted by atomic mass is 14.8. The second-order valence-electron chi connectivity index (χ2n) is 22.3. The summed E-state index contributed by atoms with van der Waals surface area (Å²) in [6.45, 7) is 23.9. The van der Waals surface area contributed by atoms with Crippen molar-refractivity contribution < 1.29 is 0 Å². The highest BCUT2D eigenvalue weighted by Crippen LogP contribution is 2.85. The summed E-state index contributed by atoms with van der Waals surface area (Å²) in [5, 5.41) is 0. The maximum atomic E-state index is 2.80. The summed E-state index contributed by atoms with van der Waals surface area (Å²) < 4.78 is 0. The fourth-order valence-electron chi connectivity index (χ4n) is 18.0. The SMILES string of the molecule is CC(C)C1CC2CCC3CC4CC(C(C)(C)C)CC5C6C(C(C)(C)C(C)C)C7CC8CCCCC8C7C6C6(CC(C1)C2C36)C45. The van der Waals surface area contributed by atoms with Crippen LogP contribution in [0.1, 0.15) is 146 Å². The molecule has 44 heavy (non-hydrogen) atoms. The molecule has 0 aliphatic heterocycles. The van der Waals surface area contributed by atoms with Gasteiger partial charge in [0.15, 0.2) is 0 Å². The summed E-state index contributed by atoms with van der Waals surface area (Å²) in [5.41, 5.74) is 1.69. The fourth-order valence-corrected chi connectivity index (χ4v) is 18.0. The summed E-state index contributed by atoms with van der Waals surface area (Å²) in [7, 11) is 0. The van der Waals surface area contributed by atoms with Crippen LogP contribution in [-0.2, 0) is 0 Å². The van der Waals surface area contributed by atoms with E-state index < -0.39 is 0 Å². The van der Waals surface area contributed by atoms with E-state index in [9.17, 15) is 0 Å². The predicted octanol–water partition coefficient (Wildman–Crippen LogP) is 12.0. The van der Waals surface area contributed by atoms with Crippen LogP contribution in [0.4, 0.5) is 0 Å². The first-order valence-corrected chi connectivity index (χ1v) is 20.8. The Bertz CT molecular complexity index is 1120. The molecule has 9 aliphatic carbocycles. The van der Waals surface area contributed by atoms with E-state index in [-0.39, 0.29) is 0 Å². The standard InChI is InChI=1S/C44H72/c1-23(2)28-16-26-14-15-27-17-29-19-31(42(5,6)7)21-34-37-40(43(8,9)24(3)4)33-20-25-12-10-11-13-32(25)36(33)41(37)44(38(29)34)22-30(18-28)35(26)39(27)44/h23-41H,10-22H2,1-9H3. The fraction of sp³-hybridized carbons (Fsp3) is 1.00. The normalized spacial score (nSPS) is 57.2. The Morgan fingerprint density at radius 3 is 2.00 bits per heavy atom. The lowest BCUT2D eigenvalue weighted by atomic mass is 9.43. The van der Waals surface area contributed by atoms with E-state index in [2.05, 4.69) is 62.3 Å². The van der Waals surface area contributed by atoms with Gasteiger partial charge in [0.2, 0.25) is 0 Å². The minimum Gasteiger partial charge on any atom is -0.0625 e. The first kappa shape index (κ1) is 30.1. The highest BCUT2D eigenvalue weighted by molar-refractivity contribution is 5.28. The monoisotopic (exact) mass is 601 g/mol. The summed E-state index contributed by atoms with van der Waals surface area (Å²) in [6, 6.07) is 0.